The van der Waals surface area contributed by atoms with Crippen LogP contribution in [0.25, 0.3) is 16.6 Å². The fraction of sp³-hybridized carbons (Fsp3) is 0.250. The van der Waals surface area contributed by atoms with Crippen molar-refractivity contribution in [3.8, 4) is 5.69 Å². The lowest BCUT2D eigenvalue weighted by molar-refractivity contribution is 0.923. The molecule has 1 heterocycles. The molecule has 1 heteroatoms. The van der Waals surface area contributed by atoms with Crippen LogP contribution in [0.15, 0.2) is 96.9 Å². The van der Waals surface area contributed by atoms with Crippen LogP contribution in [-0.4, -0.2) is 4.57 Å². The number of hydrogen-bond acceptors (Lipinski definition) is 0. The molecular weight excluding hydrogens is 350 g/mol. The summed E-state index contributed by atoms with van der Waals surface area (Å²) in [5.41, 5.74) is 9.18. The van der Waals surface area contributed by atoms with Crippen molar-refractivity contribution in [1.29, 1.82) is 0 Å². The van der Waals surface area contributed by atoms with Crippen molar-refractivity contribution in [2.75, 3.05) is 0 Å². The lowest BCUT2D eigenvalue weighted by Crippen LogP contribution is -1.96. The van der Waals surface area contributed by atoms with Crippen molar-refractivity contribution in [2.45, 2.75) is 47.0 Å². The number of aromatic nitrogens is 1. The smallest absolute Gasteiger partial charge is 0.0531 e. The molecule has 0 aliphatic heterocycles. The summed E-state index contributed by atoms with van der Waals surface area (Å²) >= 11 is 0. The van der Waals surface area contributed by atoms with E-state index in [1.54, 1.807) is 0 Å². The Morgan fingerprint density at radius 2 is 1.86 bits per heavy atom. The van der Waals surface area contributed by atoms with E-state index in [2.05, 4.69) is 111 Å². The van der Waals surface area contributed by atoms with Crippen molar-refractivity contribution >= 4 is 10.9 Å². The molecule has 150 valence electrons. The lowest BCUT2D eigenvalue weighted by atomic mass is 9.91. The summed E-state index contributed by atoms with van der Waals surface area (Å²) in [4.78, 5) is 0. The minimum atomic E-state index is 0.245. The van der Waals surface area contributed by atoms with Gasteiger partial charge in [-0.1, -0.05) is 82.3 Å². The van der Waals surface area contributed by atoms with Crippen molar-refractivity contribution < 1.29 is 0 Å². The third-order valence-electron chi connectivity index (χ3n) is 4.92. The molecule has 0 aliphatic rings. The molecule has 0 fully saturated rings. The zero-order valence-electron chi connectivity index (χ0n) is 18.4. The number of fused-ring (bicyclic) bond motifs is 1. The summed E-state index contributed by atoms with van der Waals surface area (Å²) in [6, 6.07) is 17.2. The van der Waals surface area contributed by atoms with E-state index in [0.29, 0.717) is 0 Å². The number of benzene rings is 2. The summed E-state index contributed by atoms with van der Waals surface area (Å²) < 4.78 is 2.29. The summed E-state index contributed by atoms with van der Waals surface area (Å²) in [7, 11) is 0. The van der Waals surface area contributed by atoms with Gasteiger partial charge in [-0.3, -0.25) is 0 Å². The molecule has 1 aromatic heterocycles. The second kappa shape index (κ2) is 11.1. The zero-order valence-corrected chi connectivity index (χ0v) is 18.4. The Kier molecular flexibility index (Phi) is 8.52. The van der Waals surface area contributed by atoms with Crippen molar-refractivity contribution in [3.63, 3.8) is 0 Å². The minimum absolute atomic E-state index is 0.245. The van der Waals surface area contributed by atoms with Crippen LogP contribution in [0, 0.1) is 6.92 Å². The molecule has 1 nitrogen and oxygen atoms in total. The van der Waals surface area contributed by atoms with E-state index < -0.39 is 0 Å². The van der Waals surface area contributed by atoms with E-state index >= 15 is 0 Å². The molecule has 0 amide bonds. The van der Waals surface area contributed by atoms with Gasteiger partial charge in [0.25, 0.3) is 0 Å². The molecule has 3 aromatic rings. The van der Waals surface area contributed by atoms with E-state index in [1.165, 1.54) is 33.3 Å². The van der Waals surface area contributed by atoms with Gasteiger partial charge in [-0.2, -0.15) is 0 Å². The molecule has 3 rings (SSSR count). The minimum Gasteiger partial charge on any atom is -0.316 e. The van der Waals surface area contributed by atoms with E-state index in [-0.39, 0.29) is 5.92 Å². The van der Waals surface area contributed by atoms with E-state index in [4.69, 9.17) is 0 Å². The van der Waals surface area contributed by atoms with Crippen LogP contribution in [0.1, 0.15) is 51.2 Å². The van der Waals surface area contributed by atoms with Gasteiger partial charge >= 0.3 is 0 Å². The highest BCUT2D eigenvalue weighted by Crippen LogP contribution is 2.34. The molecule has 0 spiro atoms. The first-order valence-electron chi connectivity index (χ1n) is 10.5. The van der Waals surface area contributed by atoms with Crippen molar-refractivity contribution in [2.24, 2.45) is 0 Å². The first kappa shape index (κ1) is 22.3. The molecule has 0 radical (unpaired) electrons. The predicted molar refractivity (Wildman–Crippen MR) is 129 cm³/mol. The first-order valence-corrected chi connectivity index (χ1v) is 10.5. The van der Waals surface area contributed by atoms with Gasteiger partial charge in [0, 0.05) is 23.2 Å². The summed E-state index contributed by atoms with van der Waals surface area (Å²) in [6.07, 6.45) is 11.8. The van der Waals surface area contributed by atoms with Gasteiger partial charge in [0.1, 0.15) is 0 Å². The average Bonchev–Trinajstić information content (AvgIpc) is 3.13. The van der Waals surface area contributed by atoms with Gasteiger partial charge in [-0.25, -0.2) is 0 Å². The maximum atomic E-state index is 3.78. The van der Waals surface area contributed by atoms with Gasteiger partial charge in [-0.05, 0) is 54.8 Å². The quantitative estimate of drug-likeness (QED) is 0.298. The first-order chi connectivity index (χ1) is 14.2. The molecule has 29 heavy (non-hydrogen) atoms. The second-order valence-corrected chi connectivity index (χ2v) is 6.88. The van der Waals surface area contributed by atoms with Crippen LogP contribution < -0.4 is 0 Å². The number of aryl methyl sites for hydroxylation is 1. The number of hydrogen-bond donors (Lipinski definition) is 0. The molecular formula is C28H33N. The van der Waals surface area contributed by atoms with Gasteiger partial charge < -0.3 is 4.57 Å². The number of nitrogens with zero attached hydrogens (tertiary/aromatic N) is 1. The van der Waals surface area contributed by atoms with Gasteiger partial charge in [0.05, 0.1) is 5.52 Å². The van der Waals surface area contributed by atoms with Crippen LogP contribution in [0.5, 0.6) is 0 Å². The molecule has 1 atom stereocenters. The molecule has 0 aliphatic carbocycles. The Hall–Kier alpha value is -3.02. The zero-order chi connectivity index (χ0) is 21.2. The van der Waals surface area contributed by atoms with Gasteiger partial charge in [0.2, 0.25) is 0 Å². The third kappa shape index (κ3) is 5.28. The molecule has 0 bridgehead atoms. The fourth-order valence-corrected chi connectivity index (χ4v) is 3.45. The Balaban J connectivity index is 0.00000145. The number of para-hydroxylation sites is 1. The van der Waals surface area contributed by atoms with Crippen LogP contribution in [0.2, 0.25) is 0 Å². The molecule has 0 saturated heterocycles. The van der Waals surface area contributed by atoms with Crippen LogP contribution in [0.3, 0.4) is 0 Å². The van der Waals surface area contributed by atoms with Crippen LogP contribution in [-0.2, 0) is 0 Å². The van der Waals surface area contributed by atoms with Gasteiger partial charge in [0.15, 0.2) is 0 Å². The standard InChI is InChI=1S/C26H27N.C2H6/c1-5-7-9-13-22(12-6-2)21(4)25-19-27(23-14-10-8-11-15-23)26-17-16-20(3)18-24(25)26;1-2/h7-19,21H,2,5H2,1,3-4H3;1-2H3/b9-7-,22-13-;. The van der Waals surface area contributed by atoms with Crippen molar-refractivity contribution in [1.82, 2.24) is 4.57 Å². The monoisotopic (exact) mass is 383 g/mol. The topological polar surface area (TPSA) is 4.93 Å². The van der Waals surface area contributed by atoms with Gasteiger partial charge in [-0.15, -0.1) is 5.73 Å². The molecule has 1 unspecified atom stereocenters. The summed E-state index contributed by atoms with van der Waals surface area (Å²) in [5.74, 6) is 0.245. The highest BCUT2D eigenvalue weighted by molar-refractivity contribution is 5.87. The Morgan fingerprint density at radius 1 is 1.14 bits per heavy atom. The normalized spacial score (nSPS) is 12.4. The maximum absolute atomic E-state index is 3.78. The Labute approximate surface area is 176 Å². The van der Waals surface area contributed by atoms with Crippen molar-refractivity contribution in [3.05, 3.63) is 108 Å². The Bertz CT molecular complexity index is 1020. The average molecular weight is 384 g/mol. The molecule has 0 saturated carbocycles. The molecule has 2 aromatic carbocycles. The lowest BCUT2D eigenvalue weighted by Gasteiger charge is -2.12. The van der Waals surface area contributed by atoms with E-state index in [0.717, 1.165) is 6.42 Å². The Morgan fingerprint density at radius 3 is 2.52 bits per heavy atom. The third-order valence-corrected chi connectivity index (χ3v) is 4.92. The van der Waals surface area contributed by atoms with Crippen LogP contribution >= 0.6 is 0 Å². The maximum Gasteiger partial charge on any atom is 0.0531 e. The van der Waals surface area contributed by atoms with Crippen LogP contribution in [0.4, 0.5) is 0 Å². The summed E-state index contributed by atoms with van der Waals surface area (Å²) in [6.45, 7) is 14.3. The number of allylic oxidation sites excluding steroid dienone is 5. The molecule has 0 N–H and O–H groups in total. The van der Waals surface area contributed by atoms with E-state index in [1.807, 2.05) is 19.9 Å². The SMILES string of the molecule is C=C=C/C(=C/C=C\CC)C(C)c1cn(-c2ccccc2)c2ccc(C)cc12.CC. The highest BCUT2D eigenvalue weighted by Gasteiger charge is 2.17. The highest BCUT2D eigenvalue weighted by atomic mass is 15.0. The number of rotatable bonds is 6. The van der Waals surface area contributed by atoms with E-state index in [9.17, 15) is 0 Å². The largest absolute Gasteiger partial charge is 0.316 e. The fourth-order valence-electron chi connectivity index (χ4n) is 3.45. The summed E-state index contributed by atoms with van der Waals surface area (Å²) in [5, 5.41) is 1.30. The second-order valence-electron chi connectivity index (χ2n) is 6.88. The predicted octanol–water partition coefficient (Wildman–Crippen LogP) is 8.30.